The van der Waals surface area contributed by atoms with Crippen LogP contribution < -0.4 is 5.32 Å². The van der Waals surface area contributed by atoms with Crippen molar-refractivity contribution in [2.24, 2.45) is 0 Å². The van der Waals surface area contributed by atoms with Crippen molar-refractivity contribution in [2.75, 3.05) is 5.32 Å². The fourth-order valence-corrected chi connectivity index (χ4v) is 1.87. The van der Waals surface area contributed by atoms with Crippen molar-refractivity contribution in [3.05, 3.63) is 48.5 Å². The first kappa shape index (κ1) is 6.96. The highest BCUT2D eigenvalue weighted by atomic mass is 14.9. The molecule has 0 aromatic heterocycles. The van der Waals surface area contributed by atoms with Gasteiger partial charge in [0.15, 0.2) is 0 Å². The largest absolute Gasteiger partial charge is 0.374 e. The second-order valence-electron chi connectivity index (χ2n) is 3.29. The predicted octanol–water partition coefficient (Wildman–Crippen LogP) is 2.85. The minimum absolute atomic E-state index is 0.913. The van der Waals surface area contributed by atoms with Crippen molar-refractivity contribution in [3.63, 3.8) is 0 Å². The Hall–Kier alpha value is -1.50. The Labute approximate surface area is 77.4 Å². The summed E-state index contributed by atoms with van der Waals surface area (Å²) in [6.07, 6.45) is 0.913. The first-order chi connectivity index (χ1) is 6.45. The minimum Gasteiger partial charge on any atom is -0.374 e. The highest BCUT2D eigenvalue weighted by Gasteiger charge is 2.12. The fraction of sp³-hybridized carbons (Fsp3) is 0.0833. The monoisotopic (exact) mass is 167 g/mol. The molecule has 1 heterocycles. The van der Waals surface area contributed by atoms with E-state index < -0.39 is 0 Å². The van der Waals surface area contributed by atoms with Gasteiger partial charge in [-0.2, -0.15) is 0 Å². The topological polar surface area (TPSA) is 12.0 Å². The number of anilines is 1. The maximum Gasteiger partial charge on any atom is 0.0929 e. The van der Waals surface area contributed by atoms with E-state index in [-0.39, 0.29) is 0 Å². The van der Waals surface area contributed by atoms with Gasteiger partial charge in [0.1, 0.15) is 0 Å². The van der Waals surface area contributed by atoms with Gasteiger partial charge in [-0.25, -0.2) is 0 Å². The van der Waals surface area contributed by atoms with E-state index in [1.54, 1.807) is 0 Å². The van der Waals surface area contributed by atoms with Crippen LogP contribution in [0.15, 0.2) is 36.4 Å². The van der Waals surface area contributed by atoms with Crippen molar-refractivity contribution in [1.29, 1.82) is 0 Å². The molecule has 0 amide bonds. The van der Waals surface area contributed by atoms with E-state index in [9.17, 15) is 0 Å². The maximum absolute atomic E-state index is 3.14. The summed E-state index contributed by atoms with van der Waals surface area (Å²) < 4.78 is 0. The van der Waals surface area contributed by atoms with Crippen molar-refractivity contribution in [1.82, 2.24) is 0 Å². The lowest BCUT2D eigenvalue weighted by atomic mass is 10.0. The van der Waals surface area contributed by atoms with Crippen molar-refractivity contribution in [2.45, 2.75) is 6.42 Å². The molecule has 2 aromatic rings. The summed E-state index contributed by atoms with van der Waals surface area (Å²) in [5, 5.41) is 5.80. The second kappa shape index (κ2) is 2.49. The number of fused-ring (bicyclic) bond motifs is 3. The highest BCUT2D eigenvalue weighted by molar-refractivity contribution is 5.91. The Bertz CT molecular complexity index is 460. The predicted molar refractivity (Wildman–Crippen MR) is 54.5 cm³/mol. The summed E-state index contributed by atoms with van der Waals surface area (Å²) in [6.45, 7) is 3.13. The van der Waals surface area contributed by atoms with E-state index >= 15 is 0 Å². The van der Waals surface area contributed by atoms with Gasteiger partial charge in [0.25, 0.3) is 0 Å². The third-order valence-electron chi connectivity index (χ3n) is 2.53. The smallest absolute Gasteiger partial charge is 0.0929 e. The minimum atomic E-state index is 0.913. The Morgan fingerprint density at radius 1 is 1.08 bits per heavy atom. The third kappa shape index (κ3) is 0.934. The molecule has 0 saturated heterocycles. The Morgan fingerprint density at radius 2 is 2.00 bits per heavy atom. The summed E-state index contributed by atoms with van der Waals surface area (Å²) in [6, 6.07) is 12.7. The van der Waals surface area contributed by atoms with Crippen LogP contribution in [-0.4, -0.2) is 0 Å². The van der Waals surface area contributed by atoms with Gasteiger partial charge in [-0.05, 0) is 22.4 Å². The van der Waals surface area contributed by atoms with Gasteiger partial charge in [0.05, 0.1) is 6.54 Å². The van der Waals surface area contributed by atoms with Gasteiger partial charge >= 0.3 is 0 Å². The molecule has 1 aliphatic rings. The molecule has 0 saturated carbocycles. The van der Waals surface area contributed by atoms with E-state index in [2.05, 4.69) is 48.3 Å². The van der Waals surface area contributed by atoms with E-state index in [0.717, 1.165) is 6.42 Å². The van der Waals surface area contributed by atoms with Crippen LogP contribution in [0.2, 0.25) is 0 Å². The Balaban J connectivity index is 2.43. The van der Waals surface area contributed by atoms with Crippen LogP contribution in [0.3, 0.4) is 0 Å². The standard InChI is InChI=1S/C12H9N/c1-2-4-10-9(3-1)5-6-12-11(10)7-8-13-12/h1-6,13H,7H2. The van der Waals surface area contributed by atoms with Gasteiger partial charge in [-0.3, -0.25) is 0 Å². The fourth-order valence-electron chi connectivity index (χ4n) is 1.87. The first-order valence-electron chi connectivity index (χ1n) is 4.45. The molecule has 1 heteroatoms. The normalized spacial score (nSPS) is 14.2. The van der Waals surface area contributed by atoms with Crippen LogP contribution in [0, 0.1) is 6.54 Å². The van der Waals surface area contributed by atoms with Gasteiger partial charge in [0.2, 0.25) is 0 Å². The number of nitrogens with one attached hydrogen (secondary N) is 1. The van der Waals surface area contributed by atoms with Gasteiger partial charge in [-0.1, -0.05) is 30.3 Å². The lowest BCUT2D eigenvalue weighted by molar-refractivity contribution is 1.27. The van der Waals surface area contributed by atoms with Crippen LogP contribution in [0.1, 0.15) is 5.56 Å². The zero-order valence-corrected chi connectivity index (χ0v) is 7.17. The zero-order valence-electron chi connectivity index (χ0n) is 7.17. The number of hydrogen-bond donors (Lipinski definition) is 1. The van der Waals surface area contributed by atoms with Gasteiger partial charge in [-0.15, -0.1) is 0 Å². The van der Waals surface area contributed by atoms with Crippen LogP contribution in [0.4, 0.5) is 5.69 Å². The van der Waals surface area contributed by atoms with E-state index in [4.69, 9.17) is 0 Å². The zero-order chi connectivity index (χ0) is 8.67. The molecule has 1 aliphatic heterocycles. The van der Waals surface area contributed by atoms with E-state index in [1.807, 2.05) is 0 Å². The summed E-state index contributed by atoms with van der Waals surface area (Å²) in [4.78, 5) is 0. The quantitative estimate of drug-likeness (QED) is 0.636. The number of rotatable bonds is 0. The summed E-state index contributed by atoms with van der Waals surface area (Å²) in [5.41, 5.74) is 2.58. The third-order valence-corrected chi connectivity index (χ3v) is 2.53. The molecular weight excluding hydrogens is 158 g/mol. The molecule has 0 spiro atoms. The lowest BCUT2D eigenvalue weighted by Crippen LogP contribution is -1.83. The molecule has 0 atom stereocenters. The molecule has 0 fully saturated rings. The van der Waals surface area contributed by atoms with Gasteiger partial charge in [0, 0.05) is 12.1 Å². The highest BCUT2D eigenvalue weighted by Crippen LogP contribution is 2.31. The molecule has 0 aliphatic carbocycles. The van der Waals surface area contributed by atoms with Crippen LogP contribution in [-0.2, 0) is 6.42 Å². The molecule has 1 nitrogen and oxygen atoms in total. The average Bonchev–Trinajstić information content (AvgIpc) is 2.65. The number of hydrogen-bond acceptors (Lipinski definition) is 1. The van der Waals surface area contributed by atoms with Gasteiger partial charge < -0.3 is 5.32 Å². The second-order valence-corrected chi connectivity index (χ2v) is 3.29. The Morgan fingerprint density at radius 3 is 3.00 bits per heavy atom. The van der Waals surface area contributed by atoms with Crippen molar-refractivity contribution < 1.29 is 0 Å². The van der Waals surface area contributed by atoms with E-state index in [0.29, 0.717) is 0 Å². The van der Waals surface area contributed by atoms with Crippen molar-refractivity contribution >= 4 is 16.5 Å². The molecule has 2 radical (unpaired) electrons. The van der Waals surface area contributed by atoms with Crippen molar-refractivity contribution in [3.8, 4) is 0 Å². The van der Waals surface area contributed by atoms with Crippen LogP contribution >= 0.6 is 0 Å². The lowest BCUT2D eigenvalue weighted by Gasteiger charge is -2.03. The van der Waals surface area contributed by atoms with E-state index in [1.165, 1.54) is 22.0 Å². The van der Waals surface area contributed by atoms with Crippen LogP contribution in [0.25, 0.3) is 10.8 Å². The molecular formula is C12H9N. The molecule has 1 N–H and O–H groups in total. The summed E-state index contributed by atoms with van der Waals surface area (Å²) >= 11 is 0. The average molecular weight is 167 g/mol. The Kier molecular flexibility index (Phi) is 1.33. The van der Waals surface area contributed by atoms with Crippen LogP contribution in [0.5, 0.6) is 0 Å². The molecule has 3 rings (SSSR count). The maximum atomic E-state index is 3.14. The molecule has 2 aromatic carbocycles. The molecule has 0 unspecified atom stereocenters. The summed E-state index contributed by atoms with van der Waals surface area (Å²) in [5.74, 6) is 0. The summed E-state index contributed by atoms with van der Waals surface area (Å²) in [7, 11) is 0. The SMILES string of the molecule is [C]1Cc2c(ccc3ccccc23)N1. The number of benzene rings is 2. The molecule has 0 bridgehead atoms. The first-order valence-corrected chi connectivity index (χ1v) is 4.45. The molecule has 13 heavy (non-hydrogen) atoms. The molecule has 62 valence electrons.